The van der Waals surface area contributed by atoms with E-state index in [9.17, 15) is 5.11 Å². The van der Waals surface area contributed by atoms with E-state index in [4.69, 9.17) is 11.6 Å². The first-order valence-electron chi connectivity index (χ1n) is 8.66. The third-order valence-corrected chi connectivity index (χ3v) is 5.45. The SMILES string of the molecule is Cc1cc(-c2ccc(O)cc2S)cc(Cl)c1Cc1cnc2ccccc2c1. The number of para-hydroxylation sites is 1. The average Bonchev–Trinajstić information content (AvgIpc) is 2.64. The molecule has 0 aliphatic heterocycles. The molecule has 4 aromatic rings. The van der Waals surface area contributed by atoms with Crippen molar-refractivity contribution in [3.8, 4) is 16.9 Å². The van der Waals surface area contributed by atoms with Crippen LogP contribution in [0.3, 0.4) is 0 Å². The average molecular weight is 392 g/mol. The number of fused-ring (bicyclic) bond motifs is 1. The minimum absolute atomic E-state index is 0.201. The highest BCUT2D eigenvalue weighted by Gasteiger charge is 2.11. The van der Waals surface area contributed by atoms with Gasteiger partial charge in [-0.2, -0.15) is 0 Å². The second-order valence-corrected chi connectivity index (χ2v) is 7.56. The lowest BCUT2D eigenvalue weighted by Crippen LogP contribution is -1.96. The largest absolute Gasteiger partial charge is 0.508 e. The molecule has 2 nitrogen and oxygen atoms in total. The van der Waals surface area contributed by atoms with Gasteiger partial charge in [0.1, 0.15) is 5.75 Å². The third kappa shape index (κ3) is 3.66. The summed E-state index contributed by atoms with van der Waals surface area (Å²) in [5.74, 6) is 0.201. The lowest BCUT2D eigenvalue weighted by molar-refractivity contribution is 0.474. The van der Waals surface area contributed by atoms with Crippen LogP contribution >= 0.6 is 24.2 Å². The lowest BCUT2D eigenvalue weighted by Gasteiger charge is -2.13. The third-order valence-electron chi connectivity index (χ3n) is 4.74. The minimum atomic E-state index is 0.201. The summed E-state index contributed by atoms with van der Waals surface area (Å²) in [5, 5.41) is 11.4. The molecule has 4 heteroatoms. The highest BCUT2D eigenvalue weighted by atomic mass is 35.5. The number of phenols is 1. The first-order valence-corrected chi connectivity index (χ1v) is 9.49. The molecule has 0 bridgehead atoms. The van der Waals surface area contributed by atoms with Crippen LogP contribution in [0.25, 0.3) is 22.0 Å². The van der Waals surface area contributed by atoms with Gasteiger partial charge in [0.05, 0.1) is 5.52 Å². The van der Waals surface area contributed by atoms with Gasteiger partial charge in [-0.1, -0.05) is 35.9 Å². The van der Waals surface area contributed by atoms with Crippen LogP contribution in [0.2, 0.25) is 5.02 Å². The van der Waals surface area contributed by atoms with E-state index in [0.717, 1.165) is 55.1 Å². The summed E-state index contributed by atoms with van der Waals surface area (Å²) in [7, 11) is 0. The van der Waals surface area contributed by atoms with Gasteiger partial charge < -0.3 is 5.11 Å². The zero-order valence-electron chi connectivity index (χ0n) is 14.8. The highest BCUT2D eigenvalue weighted by molar-refractivity contribution is 7.80. The fourth-order valence-electron chi connectivity index (χ4n) is 3.33. The molecule has 0 atom stereocenters. The summed E-state index contributed by atoms with van der Waals surface area (Å²) in [5.41, 5.74) is 6.27. The molecule has 0 saturated carbocycles. The van der Waals surface area contributed by atoms with E-state index in [1.54, 1.807) is 12.1 Å². The van der Waals surface area contributed by atoms with Crippen LogP contribution in [-0.2, 0) is 6.42 Å². The number of nitrogens with zero attached hydrogens (tertiary/aromatic N) is 1. The second kappa shape index (κ2) is 7.26. The molecule has 0 unspecified atom stereocenters. The van der Waals surface area contributed by atoms with Gasteiger partial charge in [-0.3, -0.25) is 4.98 Å². The lowest BCUT2D eigenvalue weighted by atomic mass is 9.96. The Morgan fingerprint density at radius 3 is 2.63 bits per heavy atom. The maximum absolute atomic E-state index is 9.60. The summed E-state index contributed by atoms with van der Waals surface area (Å²) in [6.07, 6.45) is 2.64. The molecular weight excluding hydrogens is 374 g/mol. The van der Waals surface area contributed by atoms with Crippen molar-refractivity contribution in [2.45, 2.75) is 18.2 Å². The normalized spacial score (nSPS) is 11.1. The zero-order chi connectivity index (χ0) is 19.0. The van der Waals surface area contributed by atoms with Gasteiger partial charge in [0.25, 0.3) is 0 Å². The highest BCUT2D eigenvalue weighted by Crippen LogP contribution is 2.34. The van der Waals surface area contributed by atoms with E-state index in [0.29, 0.717) is 0 Å². The van der Waals surface area contributed by atoms with Crippen molar-refractivity contribution in [1.29, 1.82) is 0 Å². The van der Waals surface area contributed by atoms with Crippen LogP contribution in [0.4, 0.5) is 0 Å². The summed E-state index contributed by atoms with van der Waals surface area (Å²) >= 11 is 11.1. The molecule has 1 heterocycles. The molecule has 0 aliphatic rings. The van der Waals surface area contributed by atoms with Crippen LogP contribution in [0.1, 0.15) is 16.7 Å². The Labute approximate surface area is 168 Å². The van der Waals surface area contributed by atoms with Gasteiger partial charge in [-0.25, -0.2) is 0 Å². The number of benzene rings is 3. The molecule has 0 fully saturated rings. The number of pyridine rings is 1. The standard InChI is InChI=1S/C23H18ClNOS/c1-14-8-17(19-7-6-18(26)12-23(19)27)11-21(24)20(14)10-15-9-16-4-2-3-5-22(16)25-13-15/h2-9,11-13,26-27H,10H2,1H3. The Balaban J connectivity index is 1.71. The Bertz CT molecular complexity index is 1130. The molecule has 27 heavy (non-hydrogen) atoms. The van der Waals surface area contributed by atoms with Crippen molar-refractivity contribution in [3.63, 3.8) is 0 Å². The molecule has 1 aromatic heterocycles. The van der Waals surface area contributed by atoms with Crippen molar-refractivity contribution < 1.29 is 5.11 Å². The number of thiol groups is 1. The molecule has 1 N–H and O–H groups in total. The predicted molar refractivity (Wildman–Crippen MR) is 115 cm³/mol. The fourth-order valence-corrected chi connectivity index (χ4v) is 4.00. The fraction of sp³-hybridized carbons (Fsp3) is 0.0870. The van der Waals surface area contributed by atoms with Crippen LogP contribution in [0.5, 0.6) is 5.75 Å². The van der Waals surface area contributed by atoms with Gasteiger partial charge >= 0.3 is 0 Å². The van der Waals surface area contributed by atoms with Crippen LogP contribution in [0, 0.1) is 6.92 Å². The van der Waals surface area contributed by atoms with Gasteiger partial charge in [-0.15, -0.1) is 12.6 Å². The van der Waals surface area contributed by atoms with Crippen molar-refractivity contribution in [2.24, 2.45) is 0 Å². The smallest absolute Gasteiger partial charge is 0.116 e. The Morgan fingerprint density at radius 1 is 1.04 bits per heavy atom. The first kappa shape index (κ1) is 17.9. The second-order valence-electron chi connectivity index (χ2n) is 6.67. The van der Waals surface area contributed by atoms with Gasteiger partial charge in [0, 0.05) is 27.9 Å². The number of hydrogen-bond acceptors (Lipinski definition) is 3. The number of rotatable bonds is 3. The van der Waals surface area contributed by atoms with E-state index in [1.165, 1.54) is 0 Å². The summed E-state index contributed by atoms with van der Waals surface area (Å²) in [6, 6.07) is 19.5. The number of aryl methyl sites for hydroxylation is 1. The molecular formula is C23H18ClNOS. The maximum Gasteiger partial charge on any atom is 0.116 e. The van der Waals surface area contributed by atoms with Crippen LogP contribution < -0.4 is 0 Å². The van der Waals surface area contributed by atoms with Gasteiger partial charge in [0.2, 0.25) is 0 Å². The van der Waals surface area contributed by atoms with Crippen LogP contribution in [-0.4, -0.2) is 10.1 Å². The molecule has 134 valence electrons. The Kier molecular flexibility index (Phi) is 4.81. The molecule has 0 radical (unpaired) electrons. The topological polar surface area (TPSA) is 33.1 Å². The van der Waals surface area contributed by atoms with Crippen molar-refractivity contribution >= 4 is 35.1 Å². The zero-order valence-corrected chi connectivity index (χ0v) is 16.4. The van der Waals surface area contributed by atoms with Crippen molar-refractivity contribution in [1.82, 2.24) is 4.98 Å². The summed E-state index contributed by atoms with van der Waals surface area (Å²) < 4.78 is 0. The van der Waals surface area contributed by atoms with Crippen LogP contribution in [0.15, 0.2) is 71.8 Å². The molecule has 4 rings (SSSR count). The first-order chi connectivity index (χ1) is 13.0. The van der Waals surface area contributed by atoms with E-state index >= 15 is 0 Å². The van der Waals surface area contributed by atoms with Gasteiger partial charge in [-0.05, 0) is 71.1 Å². The summed E-state index contributed by atoms with van der Waals surface area (Å²) in [4.78, 5) is 5.26. The monoisotopic (exact) mass is 391 g/mol. The molecule has 0 spiro atoms. The van der Waals surface area contributed by atoms with Gasteiger partial charge in [0.15, 0.2) is 0 Å². The number of halogens is 1. The van der Waals surface area contributed by atoms with Crippen molar-refractivity contribution in [2.75, 3.05) is 0 Å². The van der Waals surface area contributed by atoms with Crippen molar-refractivity contribution in [3.05, 3.63) is 88.6 Å². The molecule has 0 saturated heterocycles. The molecule has 0 aliphatic carbocycles. The predicted octanol–water partition coefficient (Wildman–Crippen LogP) is 6.45. The van der Waals surface area contributed by atoms with E-state index in [2.05, 4.69) is 42.7 Å². The quantitative estimate of drug-likeness (QED) is 0.393. The molecule has 3 aromatic carbocycles. The van der Waals surface area contributed by atoms with E-state index in [-0.39, 0.29) is 5.75 Å². The van der Waals surface area contributed by atoms with E-state index < -0.39 is 0 Å². The maximum atomic E-state index is 9.60. The summed E-state index contributed by atoms with van der Waals surface area (Å²) in [6.45, 7) is 2.07. The minimum Gasteiger partial charge on any atom is -0.508 e. The molecule has 0 amide bonds. The number of aromatic hydroxyl groups is 1. The number of aromatic nitrogens is 1. The van der Waals surface area contributed by atoms with E-state index in [1.807, 2.05) is 36.5 Å². The Hall–Kier alpha value is -2.49. The Morgan fingerprint density at radius 2 is 1.85 bits per heavy atom. The number of phenolic OH excluding ortho intramolecular Hbond substituents is 1. The number of hydrogen-bond donors (Lipinski definition) is 2.